The monoisotopic (exact) mass is 318 g/mol. The van der Waals surface area contributed by atoms with E-state index in [4.69, 9.17) is 4.74 Å². The van der Waals surface area contributed by atoms with Crippen molar-refractivity contribution in [3.05, 3.63) is 29.8 Å². The van der Waals surface area contributed by atoms with Crippen LogP contribution in [0.15, 0.2) is 24.3 Å². The summed E-state index contributed by atoms with van der Waals surface area (Å²) in [6, 6.07) is 7.90. The van der Waals surface area contributed by atoms with Crippen LogP contribution in [0.1, 0.15) is 38.2 Å². The normalized spacial score (nSPS) is 17.7. The van der Waals surface area contributed by atoms with Crippen LogP contribution < -0.4 is 10.1 Å². The van der Waals surface area contributed by atoms with Gasteiger partial charge in [0.05, 0.1) is 7.11 Å². The van der Waals surface area contributed by atoms with Crippen LogP contribution in [-0.4, -0.2) is 43.0 Å². The zero-order valence-electron chi connectivity index (χ0n) is 14.0. The van der Waals surface area contributed by atoms with Gasteiger partial charge in [0.25, 0.3) is 0 Å². The first kappa shape index (κ1) is 17.3. The quantitative estimate of drug-likeness (QED) is 0.846. The van der Waals surface area contributed by atoms with Crippen LogP contribution in [0.5, 0.6) is 5.75 Å². The molecule has 1 aliphatic heterocycles. The summed E-state index contributed by atoms with van der Waals surface area (Å²) in [5.74, 6) is -0.0908. The molecule has 0 saturated carbocycles. The minimum Gasteiger partial charge on any atom is -0.496 e. The van der Waals surface area contributed by atoms with Gasteiger partial charge >= 0.3 is 11.8 Å². The molecule has 1 heterocycles. The zero-order chi connectivity index (χ0) is 16.7. The van der Waals surface area contributed by atoms with E-state index in [0.29, 0.717) is 19.5 Å². The van der Waals surface area contributed by atoms with E-state index in [1.165, 1.54) is 0 Å². The van der Waals surface area contributed by atoms with E-state index in [0.717, 1.165) is 37.0 Å². The second-order valence-electron chi connectivity index (χ2n) is 5.87. The zero-order valence-corrected chi connectivity index (χ0v) is 14.0. The molecule has 0 spiro atoms. The van der Waals surface area contributed by atoms with Crippen molar-refractivity contribution in [2.24, 2.45) is 0 Å². The maximum atomic E-state index is 12.3. The lowest BCUT2D eigenvalue weighted by Crippen LogP contribution is -2.50. The number of hydrogen-bond acceptors (Lipinski definition) is 3. The second kappa shape index (κ2) is 8.56. The highest BCUT2D eigenvalue weighted by Gasteiger charge is 2.29. The Morgan fingerprint density at radius 2 is 2.09 bits per heavy atom. The number of methoxy groups -OCH3 is 1. The van der Waals surface area contributed by atoms with E-state index in [9.17, 15) is 9.59 Å². The number of nitrogens with one attached hydrogen (secondary N) is 1. The first-order valence-corrected chi connectivity index (χ1v) is 8.38. The van der Waals surface area contributed by atoms with Crippen molar-refractivity contribution in [1.29, 1.82) is 0 Å². The fourth-order valence-corrected chi connectivity index (χ4v) is 3.12. The van der Waals surface area contributed by atoms with Crippen LogP contribution in [0.2, 0.25) is 0 Å². The average molecular weight is 318 g/mol. The van der Waals surface area contributed by atoms with Crippen LogP contribution in [0.4, 0.5) is 0 Å². The third-order valence-corrected chi connectivity index (χ3v) is 4.43. The topological polar surface area (TPSA) is 58.6 Å². The third-order valence-electron chi connectivity index (χ3n) is 4.43. The minimum atomic E-state index is -0.500. The number of nitrogens with zero attached hydrogens (tertiary/aromatic N) is 1. The standard InChI is InChI=1S/C18H26N2O3/c1-3-15-9-6-7-13-20(15)18(22)17(21)19-12-11-14-8-4-5-10-16(14)23-2/h4-5,8,10,15H,3,6-7,9,11-13H2,1-2H3,(H,19,21). The molecular weight excluding hydrogens is 292 g/mol. The smallest absolute Gasteiger partial charge is 0.312 e. The average Bonchev–Trinajstić information content (AvgIpc) is 2.61. The molecular formula is C18H26N2O3. The minimum absolute atomic E-state index is 0.205. The van der Waals surface area contributed by atoms with E-state index in [1.54, 1.807) is 12.0 Å². The summed E-state index contributed by atoms with van der Waals surface area (Å²) < 4.78 is 5.29. The lowest BCUT2D eigenvalue weighted by atomic mass is 10.00. The van der Waals surface area contributed by atoms with Crippen LogP contribution in [0, 0.1) is 0 Å². The number of carbonyl (C=O) groups excluding carboxylic acids is 2. The van der Waals surface area contributed by atoms with Gasteiger partial charge in [-0.05, 0) is 43.7 Å². The highest BCUT2D eigenvalue weighted by atomic mass is 16.5. The number of amides is 2. The van der Waals surface area contributed by atoms with Crippen molar-refractivity contribution in [3.63, 3.8) is 0 Å². The van der Waals surface area contributed by atoms with Crippen LogP contribution in [0.25, 0.3) is 0 Å². The lowest BCUT2D eigenvalue weighted by molar-refractivity contribution is -0.148. The first-order chi connectivity index (χ1) is 11.2. The number of likely N-dealkylation sites (tertiary alicyclic amines) is 1. The summed E-state index contributed by atoms with van der Waals surface area (Å²) in [5, 5.41) is 2.74. The van der Waals surface area contributed by atoms with Crippen molar-refractivity contribution in [1.82, 2.24) is 10.2 Å². The Morgan fingerprint density at radius 1 is 1.30 bits per heavy atom. The molecule has 1 unspecified atom stereocenters. The van der Waals surface area contributed by atoms with Gasteiger partial charge in [0.1, 0.15) is 5.75 Å². The van der Waals surface area contributed by atoms with Crippen molar-refractivity contribution in [2.45, 2.75) is 45.1 Å². The predicted molar refractivity (Wildman–Crippen MR) is 89.4 cm³/mol. The Balaban J connectivity index is 1.85. The van der Waals surface area contributed by atoms with Crippen molar-refractivity contribution in [3.8, 4) is 5.75 Å². The van der Waals surface area contributed by atoms with Gasteiger partial charge in [-0.2, -0.15) is 0 Å². The maximum Gasteiger partial charge on any atom is 0.312 e. The number of para-hydroxylation sites is 1. The van der Waals surface area contributed by atoms with Crippen LogP contribution in [-0.2, 0) is 16.0 Å². The van der Waals surface area contributed by atoms with E-state index < -0.39 is 11.8 Å². The molecule has 5 heteroatoms. The summed E-state index contributed by atoms with van der Waals surface area (Å²) in [6.45, 7) is 3.18. The van der Waals surface area contributed by atoms with Crippen molar-refractivity contribution < 1.29 is 14.3 Å². The third kappa shape index (κ3) is 4.47. The predicted octanol–water partition coefficient (Wildman–Crippen LogP) is 2.14. The Morgan fingerprint density at radius 3 is 2.83 bits per heavy atom. The van der Waals surface area contributed by atoms with Gasteiger partial charge in [0.15, 0.2) is 0 Å². The Kier molecular flexibility index (Phi) is 6.44. The first-order valence-electron chi connectivity index (χ1n) is 8.38. The molecule has 0 radical (unpaired) electrons. The molecule has 1 atom stereocenters. The summed E-state index contributed by atoms with van der Waals surface area (Å²) in [5.41, 5.74) is 1.02. The molecule has 23 heavy (non-hydrogen) atoms. The van der Waals surface area contributed by atoms with Gasteiger partial charge in [0, 0.05) is 19.1 Å². The molecule has 0 aliphatic carbocycles. The van der Waals surface area contributed by atoms with Crippen LogP contribution in [0.3, 0.4) is 0 Å². The van der Waals surface area contributed by atoms with Gasteiger partial charge in [-0.15, -0.1) is 0 Å². The number of hydrogen-bond donors (Lipinski definition) is 1. The SMILES string of the molecule is CCC1CCCCN1C(=O)C(=O)NCCc1ccccc1OC. The summed E-state index contributed by atoms with van der Waals surface area (Å²) >= 11 is 0. The van der Waals surface area contributed by atoms with E-state index >= 15 is 0 Å². The Bertz CT molecular complexity index is 545. The summed E-state index contributed by atoms with van der Waals surface area (Å²) in [4.78, 5) is 26.2. The van der Waals surface area contributed by atoms with Crippen molar-refractivity contribution in [2.75, 3.05) is 20.2 Å². The number of carbonyl (C=O) groups is 2. The molecule has 1 N–H and O–H groups in total. The second-order valence-corrected chi connectivity index (χ2v) is 5.87. The molecule has 1 aliphatic rings. The van der Waals surface area contributed by atoms with E-state index in [2.05, 4.69) is 12.2 Å². The molecule has 1 aromatic carbocycles. The van der Waals surface area contributed by atoms with Gasteiger partial charge in [-0.1, -0.05) is 25.1 Å². The highest BCUT2D eigenvalue weighted by molar-refractivity contribution is 6.35. The Hall–Kier alpha value is -2.04. The fourth-order valence-electron chi connectivity index (χ4n) is 3.12. The van der Waals surface area contributed by atoms with Crippen LogP contribution >= 0.6 is 0 Å². The molecule has 0 aromatic heterocycles. The molecule has 5 nitrogen and oxygen atoms in total. The molecule has 1 aromatic rings. The van der Waals surface area contributed by atoms with Gasteiger partial charge < -0.3 is 15.0 Å². The fraction of sp³-hybridized carbons (Fsp3) is 0.556. The number of ether oxygens (including phenoxy) is 1. The summed E-state index contributed by atoms with van der Waals surface area (Å²) in [7, 11) is 1.63. The number of piperidine rings is 1. The molecule has 126 valence electrons. The molecule has 2 amide bonds. The molecule has 1 fully saturated rings. The highest BCUT2D eigenvalue weighted by Crippen LogP contribution is 2.20. The van der Waals surface area contributed by atoms with Gasteiger partial charge in [0.2, 0.25) is 0 Å². The van der Waals surface area contributed by atoms with Crippen molar-refractivity contribution >= 4 is 11.8 Å². The number of rotatable bonds is 5. The lowest BCUT2D eigenvalue weighted by Gasteiger charge is -2.34. The maximum absolute atomic E-state index is 12.3. The largest absolute Gasteiger partial charge is 0.496 e. The van der Waals surface area contributed by atoms with Gasteiger partial charge in [-0.3, -0.25) is 9.59 Å². The Labute approximate surface area is 138 Å². The molecule has 0 bridgehead atoms. The van der Waals surface area contributed by atoms with E-state index in [1.807, 2.05) is 24.3 Å². The number of benzene rings is 1. The molecule has 1 saturated heterocycles. The summed E-state index contributed by atoms with van der Waals surface area (Å²) in [6.07, 6.45) is 4.66. The van der Waals surface area contributed by atoms with Gasteiger partial charge in [-0.25, -0.2) is 0 Å². The van der Waals surface area contributed by atoms with E-state index in [-0.39, 0.29) is 6.04 Å². The molecule has 2 rings (SSSR count).